The van der Waals surface area contributed by atoms with Crippen molar-refractivity contribution in [2.24, 2.45) is 0 Å². The number of fused-ring (bicyclic) bond motifs is 2. The van der Waals surface area contributed by atoms with Gasteiger partial charge in [0.1, 0.15) is 0 Å². The first-order chi connectivity index (χ1) is 9.16. The summed E-state index contributed by atoms with van der Waals surface area (Å²) in [5.41, 5.74) is 0.355. The van der Waals surface area contributed by atoms with E-state index in [1.807, 2.05) is 30.3 Å². The lowest BCUT2D eigenvalue weighted by atomic mass is 10.1. The maximum Gasteiger partial charge on any atom is 0.252 e. The Hall–Kier alpha value is -2.19. The molecule has 0 spiro atoms. The maximum atomic E-state index is 12.5. The summed E-state index contributed by atoms with van der Waals surface area (Å²) in [5.74, 6) is 0. The van der Waals surface area contributed by atoms with Gasteiger partial charge in [-0.25, -0.2) is 0 Å². The molecule has 0 amide bonds. The Labute approximate surface area is 114 Å². The molecule has 0 aromatic heterocycles. The Morgan fingerprint density at radius 3 is 2.32 bits per heavy atom. The first kappa shape index (κ1) is 11.9. The fourth-order valence-electron chi connectivity index (χ4n) is 2.20. The zero-order chi connectivity index (χ0) is 13.4. The van der Waals surface area contributed by atoms with Crippen molar-refractivity contribution < 1.29 is 4.79 Å². The van der Waals surface area contributed by atoms with Crippen LogP contribution in [0, 0.1) is 0 Å². The fourth-order valence-corrected chi connectivity index (χ4v) is 2.32. The van der Waals surface area contributed by atoms with Gasteiger partial charge in [0.05, 0.1) is 0 Å². The van der Waals surface area contributed by atoms with Crippen LogP contribution in [0.1, 0.15) is 10.4 Å². The second-order valence-corrected chi connectivity index (χ2v) is 4.67. The standard InChI is InChI=1S/C16H9ClO2/c17-16(19)12-7-8-14-11(9-12)6-5-10-3-1-2-4-13(10)15(14)18/h1-9H. The smallest absolute Gasteiger partial charge is 0.252 e. The number of hydrogen-bond donors (Lipinski definition) is 0. The fraction of sp³-hybridized carbons (Fsp3) is 0. The molecule has 0 aliphatic rings. The number of halogens is 1. The van der Waals surface area contributed by atoms with Gasteiger partial charge in [-0.2, -0.15) is 0 Å². The predicted molar refractivity (Wildman–Crippen MR) is 77.9 cm³/mol. The summed E-state index contributed by atoms with van der Waals surface area (Å²) in [4.78, 5) is 23.6. The van der Waals surface area contributed by atoms with Crippen LogP contribution in [-0.2, 0) is 0 Å². The van der Waals surface area contributed by atoms with Crippen LogP contribution < -0.4 is 5.43 Å². The molecule has 0 saturated heterocycles. The van der Waals surface area contributed by atoms with Crippen molar-refractivity contribution in [2.45, 2.75) is 0 Å². The van der Waals surface area contributed by atoms with Gasteiger partial charge < -0.3 is 0 Å². The summed E-state index contributed by atoms with van der Waals surface area (Å²) < 4.78 is 0. The first-order valence-electron chi connectivity index (χ1n) is 5.82. The average Bonchev–Trinajstić information content (AvgIpc) is 2.57. The van der Waals surface area contributed by atoms with Crippen molar-refractivity contribution in [3.8, 4) is 0 Å². The molecule has 92 valence electrons. The van der Waals surface area contributed by atoms with Gasteiger partial charge in [0, 0.05) is 16.3 Å². The SMILES string of the molecule is O=C(Cl)c1ccc2c(=O)c3ccccc3ccc2c1. The van der Waals surface area contributed by atoms with Gasteiger partial charge in [-0.1, -0.05) is 36.4 Å². The minimum atomic E-state index is -0.523. The summed E-state index contributed by atoms with van der Waals surface area (Å²) in [6, 6.07) is 16.0. The average molecular weight is 269 g/mol. The van der Waals surface area contributed by atoms with Gasteiger partial charge in [0.25, 0.3) is 5.24 Å². The van der Waals surface area contributed by atoms with Crippen LogP contribution >= 0.6 is 11.6 Å². The van der Waals surface area contributed by atoms with Crippen LogP contribution in [0.4, 0.5) is 0 Å². The largest absolute Gasteiger partial charge is 0.289 e. The van der Waals surface area contributed by atoms with E-state index in [9.17, 15) is 9.59 Å². The van der Waals surface area contributed by atoms with Crippen molar-refractivity contribution in [1.29, 1.82) is 0 Å². The molecule has 19 heavy (non-hydrogen) atoms. The van der Waals surface area contributed by atoms with E-state index in [0.29, 0.717) is 21.7 Å². The minimum Gasteiger partial charge on any atom is -0.289 e. The van der Waals surface area contributed by atoms with Crippen LogP contribution in [0.3, 0.4) is 0 Å². The van der Waals surface area contributed by atoms with Gasteiger partial charge >= 0.3 is 0 Å². The molecule has 0 heterocycles. The number of rotatable bonds is 1. The van der Waals surface area contributed by atoms with E-state index >= 15 is 0 Å². The van der Waals surface area contributed by atoms with Crippen molar-refractivity contribution in [2.75, 3.05) is 0 Å². The van der Waals surface area contributed by atoms with Crippen LogP contribution in [0.2, 0.25) is 0 Å². The summed E-state index contributed by atoms with van der Waals surface area (Å²) in [6.07, 6.45) is 0. The lowest BCUT2D eigenvalue weighted by Crippen LogP contribution is -1.99. The Kier molecular flexibility index (Phi) is 2.80. The van der Waals surface area contributed by atoms with Crippen molar-refractivity contribution >= 4 is 38.4 Å². The normalized spacial score (nSPS) is 10.8. The molecule has 0 saturated carbocycles. The highest BCUT2D eigenvalue weighted by Gasteiger charge is 2.05. The second kappa shape index (κ2) is 4.48. The van der Waals surface area contributed by atoms with Crippen LogP contribution in [0.5, 0.6) is 0 Å². The van der Waals surface area contributed by atoms with E-state index in [-0.39, 0.29) is 5.43 Å². The number of hydrogen-bond acceptors (Lipinski definition) is 2. The highest BCUT2D eigenvalue weighted by Crippen LogP contribution is 2.17. The van der Waals surface area contributed by atoms with Crippen LogP contribution in [-0.4, -0.2) is 5.24 Å². The molecule has 3 aromatic rings. The number of carbonyl (C=O) groups is 1. The monoisotopic (exact) mass is 268 g/mol. The van der Waals surface area contributed by atoms with Crippen molar-refractivity contribution in [3.05, 3.63) is 70.4 Å². The van der Waals surface area contributed by atoms with Crippen molar-refractivity contribution in [3.63, 3.8) is 0 Å². The molecule has 0 bridgehead atoms. The summed E-state index contributed by atoms with van der Waals surface area (Å²) >= 11 is 5.46. The third kappa shape index (κ3) is 2.00. The molecule has 0 aliphatic carbocycles. The van der Waals surface area contributed by atoms with Gasteiger partial charge in [-0.05, 0) is 40.6 Å². The molecule has 0 aliphatic heterocycles. The molecular formula is C16H9ClO2. The van der Waals surface area contributed by atoms with Gasteiger partial charge in [-0.15, -0.1) is 0 Å². The Morgan fingerprint density at radius 1 is 0.842 bits per heavy atom. The topological polar surface area (TPSA) is 34.1 Å². The quantitative estimate of drug-likeness (QED) is 0.630. The lowest BCUT2D eigenvalue weighted by Gasteiger charge is -1.95. The molecule has 0 radical (unpaired) electrons. The van der Waals surface area contributed by atoms with Gasteiger partial charge in [-0.3, -0.25) is 9.59 Å². The van der Waals surface area contributed by atoms with Crippen molar-refractivity contribution in [1.82, 2.24) is 0 Å². The molecule has 3 heteroatoms. The Morgan fingerprint density at radius 2 is 1.53 bits per heavy atom. The summed E-state index contributed by atoms with van der Waals surface area (Å²) in [6.45, 7) is 0. The van der Waals surface area contributed by atoms with E-state index in [2.05, 4.69) is 0 Å². The lowest BCUT2D eigenvalue weighted by molar-refractivity contribution is 0.108. The van der Waals surface area contributed by atoms with E-state index in [0.717, 1.165) is 5.39 Å². The number of benzene rings is 2. The zero-order valence-electron chi connectivity index (χ0n) is 9.89. The molecule has 0 atom stereocenters. The highest BCUT2D eigenvalue weighted by atomic mass is 35.5. The van der Waals surface area contributed by atoms with E-state index in [1.54, 1.807) is 24.3 Å². The molecule has 3 aromatic carbocycles. The first-order valence-corrected chi connectivity index (χ1v) is 6.20. The molecule has 0 fully saturated rings. The van der Waals surface area contributed by atoms with Crippen LogP contribution in [0.25, 0.3) is 21.5 Å². The minimum absolute atomic E-state index is 0.0378. The van der Waals surface area contributed by atoms with E-state index < -0.39 is 5.24 Å². The third-order valence-electron chi connectivity index (χ3n) is 3.17. The Bertz CT molecular complexity index is 869. The van der Waals surface area contributed by atoms with Gasteiger partial charge in [0.2, 0.25) is 0 Å². The molecule has 0 N–H and O–H groups in total. The molecule has 3 rings (SSSR count). The maximum absolute atomic E-state index is 12.5. The zero-order valence-corrected chi connectivity index (χ0v) is 10.6. The Balaban J connectivity index is 2.51. The summed E-state index contributed by atoms with van der Waals surface area (Å²) in [7, 11) is 0. The highest BCUT2D eigenvalue weighted by molar-refractivity contribution is 6.67. The molecule has 2 nitrogen and oxygen atoms in total. The summed E-state index contributed by atoms with van der Waals surface area (Å²) in [5, 5.41) is 2.32. The van der Waals surface area contributed by atoms with Gasteiger partial charge in [0.15, 0.2) is 5.43 Å². The predicted octanol–water partition coefficient (Wildman–Crippen LogP) is 3.73. The van der Waals surface area contributed by atoms with Crippen LogP contribution in [0.15, 0.2) is 59.4 Å². The third-order valence-corrected chi connectivity index (χ3v) is 3.39. The van der Waals surface area contributed by atoms with E-state index in [1.165, 1.54) is 0 Å². The van der Waals surface area contributed by atoms with E-state index in [4.69, 9.17) is 11.6 Å². The molecular weight excluding hydrogens is 260 g/mol. The molecule has 0 unspecified atom stereocenters. The number of carbonyl (C=O) groups excluding carboxylic acids is 1. The second-order valence-electron chi connectivity index (χ2n) is 4.33.